The van der Waals surface area contributed by atoms with Gasteiger partial charge in [-0.15, -0.1) is 0 Å². The van der Waals surface area contributed by atoms with Gasteiger partial charge < -0.3 is 9.72 Å². The Morgan fingerprint density at radius 3 is 2.19 bits per heavy atom. The van der Waals surface area contributed by atoms with Crippen molar-refractivity contribution in [3.63, 3.8) is 0 Å². The molecule has 31 heavy (non-hydrogen) atoms. The molecule has 0 saturated heterocycles. The Morgan fingerprint density at radius 1 is 1.10 bits per heavy atom. The van der Waals surface area contributed by atoms with Crippen molar-refractivity contribution in [2.24, 2.45) is 4.99 Å². The van der Waals surface area contributed by atoms with Crippen LogP contribution >= 0.6 is 0 Å². The second kappa shape index (κ2) is 8.29. The zero-order chi connectivity index (χ0) is 23.1. The molecule has 2 heterocycles. The Morgan fingerprint density at radius 2 is 1.71 bits per heavy atom. The van der Waals surface area contributed by atoms with E-state index in [1.165, 1.54) is 5.56 Å². The molecule has 0 atom stereocenters. The summed E-state index contributed by atoms with van der Waals surface area (Å²) in [7, 11) is 0. The highest BCUT2D eigenvalue weighted by molar-refractivity contribution is 6.04. The number of benzene rings is 1. The van der Waals surface area contributed by atoms with Gasteiger partial charge in [0, 0.05) is 16.8 Å². The smallest absolute Gasteiger partial charge is 0.340 e. The van der Waals surface area contributed by atoms with Crippen LogP contribution in [0.2, 0.25) is 0 Å². The van der Waals surface area contributed by atoms with Crippen molar-refractivity contribution in [3.05, 3.63) is 75.0 Å². The molecule has 1 N–H and O–H groups in total. The van der Waals surface area contributed by atoms with Crippen LogP contribution in [-0.2, 0) is 10.2 Å². The molecule has 5 heteroatoms. The van der Waals surface area contributed by atoms with Crippen LogP contribution in [0, 0.1) is 13.8 Å². The molecular weight excluding hydrogens is 391 g/mol. The minimum atomic E-state index is -0.364. The molecule has 3 rings (SSSR count). The fourth-order valence-corrected chi connectivity index (χ4v) is 3.97. The van der Waals surface area contributed by atoms with Gasteiger partial charge in [-0.25, -0.2) is 14.2 Å². The van der Waals surface area contributed by atoms with Crippen LogP contribution in [0.4, 0.5) is 4.39 Å². The Labute approximate surface area is 183 Å². The lowest BCUT2D eigenvalue weighted by Gasteiger charge is -2.20. The van der Waals surface area contributed by atoms with E-state index in [1.54, 1.807) is 20.8 Å². The normalized spacial score (nSPS) is 16.0. The summed E-state index contributed by atoms with van der Waals surface area (Å²) in [6.45, 7) is 15.7. The Balaban J connectivity index is 2.28. The van der Waals surface area contributed by atoms with Gasteiger partial charge >= 0.3 is 5.97 Å². The van der Waals surface area contributed by atoms with Crippen molar-refractivity contribution in [2.75, 3.05) is 6.61 Å². The van der Waals surface area contributed by atoms with Crippen LogP contribution in [-0.4, -0.2) is 23.3 Å². The topological polar surface area (TPSA) is 54.5 Å². The molecule has 1 aliphatic heterocycles. The number of nitrogens with zero attached hydrogens (tertiary/aromatic N) is 1. The first-order chi connectivity index (χ1) is 14.5. The van der Waals surface area contributed by atoms with E-state index in [-0.39, 0.29) is 17.2 Å². The minimum Gasteiger partial charge on any atom is -0.462 e. The molecule has 0 bridgehead atoms. The number of aromatic nitrogens is 1. The summed E-state index contributed by atoms with van der Waals surface area (Å²) in [5, 5.41) is 0. The van der Waals surface area contributed by atoms with Gasteiger partial charge in [0.15, 0.2) is 0 Å². The molecule has 2 aromatic rings. The first-order valence-electron chi connectivity index (χ1n) is 10.6. The fourth-order valence-electron chi connectivity index (χ4n) is 3.97. The Kier molecular flexibility index (Phi) is 6.08. The van der Waals surface area contributed by atoms with Crippen LogP contribution in [0.15, 0.2) is 46.4 Å². The molecule has 0 spiro atoms. The highest BCUT2D eigenvalue weighted by Gasteiger charge is 2.28. The number of rotatable bonds is 4. The average molecular weight is 423 g/mol. The third-order valence-corrected chi connectivity index (χ3v) is 5.73. The van der Waals surface area contributed by atoms with Gasteiger partial charge in [-0.2, -0.15) is 0 Å². The molecule has 0 amide bonds. The quantitative estimate of drug-likeness (QED) is 0.566. The zero-order valence-corrected chi connectivity index (χ0v) is 19.7. The number of aromatic amines is 1. The maximum atomic E-state index is 14.6. The van der Waals surface area contributed by atoms with E-state index in [2.05, 4.69) is 42.9 Å². The zero-order valence-electron chi connectivity index (χ0n) is 19.7. The van der Waals surface area contributed by atoms with Gasteiger partial charge in [0.25, 0.3) is 0 Å². The highest BCUT2D eigenvalue weighted by atomic mass is 19.1. The van der Waals surface area contributed by atoms with Crippen LogP contribution in [0.5, 0.6) is 0 Å². The number of hydrogen-bond donors (Lipinski definition) is 1. The molecule has 0 saturated carbocycles. The van der Waals surface area contributed by atoms with Crippen LogP contribution in [0.1, 0.15) is 80.0 Å². The summed E-state index contributed by atoms with van der Waals surface area (Å²) in [5.74, 6) is -0.665. The Hall–Kier alpha value is -2.95. The Bertz CT molecular complexity index is 1120. The van der Waals surface area contributed by atoms with Gasteiger partial charge in [-0.05, 0) is 56.7 Å². The molecule has 0 unspecified atom stereocenters. The van der Waals surface area contributed by atoms with Gasteiger partial charge in [0.05, 0.1) is 29.3 Å². The number of aryl methyl sites for hydroxylation is 1. The van der Waals surface area contributed by atoms with E-state index in [4.69, 9.17) is 4.74 Å². The van der Waals surface area contributed by atoms with Gasteiger partial charge in [-0.3, -0.25) is 0 Å². The third kappa shape index (κ3) is 4.14. The number of carbonyl (C=O) groups is 1. The van der Waals surface area contributed by atoms with Crippen molar-refractivity contribution in [1.29, 1.82) is 0 Å². The van der Waals surface area contributed by atoms with E-state index < -0.39 is 0 Å². The number of allylic oxidation sites excluding steroid dienone is 2. The number of carbonyl (C=O) groups excluding carboxylic acids is 1. The number of H-pyrrole nitrogens is 1. The SMILES string of the molecule is CCOC(=O)c1c(C)[nH]c(/C(=C2\N=C(C)C(F)=C2C)c2ccc(C(C)(C)C)cc2)c1C. The molecule has 4 nitrogen and oxygen atoms in total. The third-order valence-electron chi connectivity index (χ3n) is 5.73. The maximum absolute atomic E-state index is 14.6. The van der Waals surface area contributed by atoms with Gasteiger partial charge in [0.2, 0.25) is 0 Å². The predicted octanol–water partition coefficient (Wildman–Crippen LogP) is 6.58. The summed E-state index contributed by atoms with van der Waals surface area (Å²) in [4.78, 5) is 20.4. The van der Waals surface area contributed by atoms with Crippen LogP contribution in [0.3, 0.4) is 0 Å². The van der Waals surface area contributed by atoms with Crippen LogP contribution in [0.25, 0.3) is 5.57 Å². The van der Waals surface area contributed by atoms with E-state index in [9.17, 15) is 9.18 Å². The number of esters is 1. The van der Waals surface area contributed by atoms with Gasteiger partial charge in [0.1, 0.15) is 5.83 Å². The largest absolute Gasteiger partial charge is 0.462 e. The lowest BCUT2D eigenvalue weighted by molar-refractivity contribution is 0.0525. The van der Waals surface area contributed by atoms with E-state index in [1.807, 2.05) is 26.0 Å². The summed E-state index contributed by atoms with van der Waals surface area (Å²) >= 11 is 0. The van der Waals surface area contributed by atoms with Crippen molar-refractivity contribution in [1.82, 2.24) is 4.98 Å². The van der Waals surface area contributed by atoms with Gasteiger partial charge in [-0.1, -0.05) is 45.0 Å². The molecule has 1 aromatic carbocycles. The standard InChI is InChI=1S/C26H31FN2O2/c1-9-31-25(30)20-14(2)23(28-16(20)4)21(24-15(3)22(27)17(5)29-24)18-10-12-19(13-11-18)26(6,7)8/h10-13,28H,9H2,1-8H3/b24-21-. The van der Waals surface area contributed by atoms with E-state index >= 15 is 0 Å². The first kappa shape index (κ1) is 22.7. The maximum Gasteiger partial charge on any atom is 0.340 e. The van der Waals surface area contributed by atoms with Crippen molar-refractivity contribution >= 4 is 17.3 Å². The summed E-state index contributed by atoms with van der Waals surface area (Å²) < 4.78 is 19.9. The molecule has 0 radical (unpaired) electrons. The molecular formula is C26H31FN2O2. The number of aliphatic imine (C=N–C) groups is 1. The molecule has 0 aliphatic carbocycles. The number of nitrogens with one attached hydrogen (secondary N) is 1. The minimum absolute atomic E-state index is 0.0197. The average Bonchev–Trinajstić information content (AvgIpc) is 3.12. The lowest BCUT2D eigenvalue weighted by atomic mass is 9.85. The van der Waals surface area contributed by atoms with E-state index in [0.29, 0.717) is 29.2 Å². The molecule has 1 aliphatic rings. The predicted molar refractivity (Wildman–Crippen MR) is 124 cm³/mol. The number of halogens is 1. The van der Waals surface area contributed by atoms with Crippen LogP contribution < -0.4 is 0 Å². The highest BCUT2D eigenvalue weighted by Crippen LogP contribution is 2.39. The second-order valence-electron chi connectivity index (χ2n) is 9.03. The molecule has 164 valence electrons. The first-order valence-corrected chi connectivity index (χ1v) is 10.6. The van der Waals surface area contributed by atoms with Crippen molar-refractivity contribution in [2.45, 2.75) is 60.8 Å². The fraction of sp³-hybridized carbons (Fsp3) is 0.385. The molecule has 0 fully saturated rings. The number of hydrogen-bond acceptors (Lipinski definition) is 3. The summed E-state index contributed by atoms with van der Waals surface area (Å²) in [6, 6.07) is 8.26. The van der Waals surface area contributed by atoms with Crippen molar-refractivity contribution < 1.29 is 13.9 Å². The lowest BCUT2D eigenvalue weighted by Crippen LogP contribution is -2.10. The summed E-state index contributed by atoms with van der Waals surface area (Å²) in [5.41, 5.74) is 7.12. The molecule has 1 aromatic heterocycles. The summed E-state index contributed by atoms with van der Waals surface area (Å²) in [6.07, 6.45) is 0. The second-order valence-corrected chi connectivity index (χ2v) is 9.03. The number of ether oxygens (including phenoxy) is 1. The van der Waals surface area contributed by atoms with Crippen molar-refractivity contribution in [3.8, 4) is 0 Å². The monoisotopic (exact) mass is 422 g/mol. The van der Waals surface area contributed by atoms with E-state index in [0.717, 1.165) is 28.1 Å².